The Kier molecular flexibility index (Phi) is 4.82. The molecule has 2 aromatic heterocycles. The molecule has 0 saturated heterocycles. The van der Waals surface area contributed by atoms with E-state index in [0.29, 0.717) is 6.54 Å². The third-order valence-electron chi connectivity index (χ3n) is 5.32. The summed E-state index contributed by atoms with van der Waals surface area (Å²) < 4.78 is 2.04. The average molecular weight is 400 g/mol. The van der Waals surface area contributed by atoms with Crippen molar-refractivity contribution < 1.29 is 4.79 Å². The maximum atomic E-state index is 12.9. The highest BCUT2D eigenvalue weighted by Gasteiger charge is 2.21. The second-order valence-corrected chi connectivity index (χ2v) is 8.31. The van der Waals surface area contributed by atoms with Crippen molar-refractivity contribution in [2.24, 2.45) is 0 Å². The van der Waals surface area contributed by atoms with E-state index >= 15 is 0 Å². The van der Waals surface area contributed by atoms with Crippen LogP contribution in [0.1, 0.15) is 27.2 Å². The van der Waals surface area contributed by atoms with Gasteiger partial charge in [0.05, 0.1) is 5.69 Å². The first kappa shape index (κ1) is 18.0. The maximum Gasteiger partial charge on any atom is 0.254 e. The van der Waals surface area contributed by atoms with E-state index in [4.69, 9.17) is 0 Å². The predicted molar refractivity (Wildman–Crippen MR) is 116 cm³/mol. The zero-order valence-electron chi connectivity index (χ0n) is 16.0. The number of amides is 1. The standard InChI is InChI=1S/C24H21N3OS/c28-24(27-14-12-18-5-1-2-6-20(18)15-27)19-8-10-22(11-9-19)29-17-21-16-26-13-4-3-7-23(26)25-21/h1-11,13,16H,12,14-15,17H2. The average Bonchev–Trinajstić information content (AvgIpc) is 3.20. The van der Waals surface area contributed by atoms with Gasteiger partial charge in [0.2, 0.25) is 0 Å². The van der Waals surface area contributed by atoms with Crippen LogP contribution in [0.25, 0.3) is 5.65 Å². The summed E-state index contributed by atoms with van der Waals surface area (Å²) in [6.07, 6.45) is 5.00. The first-order valence-electron chi connectivity index (χ1n) is 9.78. The lowest BCUT2D eigenvalue weighted by atomic mass is 9.99. The minimum absolute atomic E-state index is 0.108. The number of imidazole rings is 1. The zero-order valence-corrected chi connectivity index (χ0v) is 16.8. The molecule has 0 spiro atoms. The van der Waals surface area contributed by atoms with Crippen molar-refractivity contribution in [2.75, 3.05) is 6.54 Å². The largest absolute Gasteiger partial charge is 0.334 e. The van der Waals surface area contributed by atoms with Gasteiger partial charge in [0, 0.05) is 41.7 Å². The van der Waals surface area contributed by atoms with Crippen LogP contribution in [-0.2, 0) is 18.7 Å². The topological polar surface area (TPSA) is 37.6 Å². The molecule has 3 heterocycles. The number of benzene rings is 2. The molecule has 0 radical (unpaired) electrons. The smallest absolute Gasteiger partial charge is 0.254 e. The molecule has 144 valence electrons. The third-order valence-corrected chi connectivity index (χ3v) is 6.37. The Morgan fingerprint density at radius 3 is 2.59 bits per heavy atom. The van der Waals surface area contributed by atoms with Crippen LogP contribution in [-0.4, -0.2) is 26.7 Å². The molecule has 0 N–H and O–H groups in total. The van der Waals surface area contributed by atoms with Crippen LogP contribution in [0.15, 0.2) is 84.0 Å². The van der Waals surface area contributed by atoms with Crippen molar-refractivity contribution in [1.82, 2.24) is 14.3 Å². The summed E-state index contributed by atoms with van der Waals surface area (Å²) in [5.74, 6) is 0.911. The van der Waals surface area contributed by atoms with E-state index in [1.54, 1.807) is 11.8 Å². The van der Waals surface area contributed by atoms with Crippen LogP contribution in [0.2, 0.25) is 0 Å². The van der Waals surface area contributed by atoms with Gasteiger partial charge in [-0.05, 0) is 53.9 Å². The van der Waals surface area contributed by atoms with Crippen molar-refractivity contribution in [2.45, 2.75) is 23.6 Å². The van der Waals surface area contributed by atoms with Gasteiger partial charge in [-0.2, -0.15) is 0 Å². The Morgan fingerprint density at radius 2 is 1.76 bits per heavy atom. The first-order chi connectivity index (χ1) is 14.3. The first-order valence-corrected chi connectivity index (χ1v) is 10.8. The fourth-order valence-corrected chi connectivity index (χ4v) is 4.54. The van der Waals surface area contributed by atoms with Gasteiger partial charge in [-0.25, -0.2) is 4.98 Å². The lowest BCUT2D eigenvalue weighted by Gasteiger charge is -2.29. The van der Waals surface area contributed by atoms with Gasteiger partial charge in [-0.15, -0.1) is 11.8 Å². The van der Waals surface area contributed by atoms with Crippen LogP contribution < -0.4 is 0 Å². The quantitative estimate of drug-likeness (QED) is 0.462. The summed E-state index contributed by atoms with van der Waals surface area (Å²) in [6.45, 7) is 1.47. The Morgan fingerprint density at radius 1 is 0.966 bits per heavy atom. The number of fused-ring (bicyclic) bond motifs is 2. The summed E-state index contributed by atoms with van der Waals surface area (Å²) in [5, 5.41) is 0. The minimum Gasteiger partial charge on any atom is -0.334 e. The number of carbonyl (C=O) groups is 1. The molecule has 4 aromatic rings. The normalized spacial score (nSPS) is 13.4. The van der Waals surface area contributed by atoms with Crippen molar-refractivity contribution >= 4 is 23.3 Å². The molecule has 0 saturated carbocycles. The van der Waals surface area contributed by atoms with Crippen LogP contribution in [0, 0.1) is 0 Å². The molecule has 4 nitrogen and oxygen atoms in total. The Bertz CT molecular complexity index is 1130. The molecule has 0 fully saturated rings. The second kappa shape index (κ2) is 7.76. The predicted octanol–water partition coefficient (Wildman–Crippen LogP) is 4.83. The van der Waals surface area contributed by atoms with Gasteiger partial charge in [0.25, 0.3) is 5.91 Å². The van der Waals surface area contributed by atoms with Gasteiger partial charge in [-0.3, -0.25) is 4.79 Å². The van der Waals surface area contributed by atoms with E-state index in [9.17, 15) is 4.79 Å². The molecule has 5 rings (SSSR count). The number of carbonyl (C=O) groups excluding carboxylic acids is 1. The molecule has 5 heteroatoms. The highest BCUT2D eigenvalue weighted by atomic mass is 32.2. The number of thioether (sulfide) groups is 1. The molecule has 1 aliphatic heterocycles. The van der Waals surface area contributed by atoms with Crippen molar-refractivity contribution in [3.8, 4) is 0 Å². The van der Waals surface area contributed by atoms with E-state index in [0.717, 1.165) is 40.5 Å². The van der Waals surface area contributed by atoms with Crippen LogP contribution >= 0.6 is 11.8 Å². The Labute approximate surface area is 174 Å². The van der Waals surface area contributed by atoms with Gasteiger partial charge in [0.1, 0.15) is 5.65 Å². The molecular weight excluding hydrogens is 378 g/mol. The monoisotopic (exact) mass is 399 g/mol. The highest BCUT2D eigenvalue weighted by Crippen LogP contribution is 2.25. The summed E-state index contributed by atoms with van der Waals surface area (Å²) in [5.41, 5.74) is 5.38. The van der Waals surface area contributed by atoms with Crippen LogP contribution in [0.3, 0.4) is 0 Å². The molecule has 2 aromatic carbocycles. The van der Waals surface area contributed by atoms with Gasteiger partial charge in [0.15, 0.2) is 0 Å². The van der Waals surface area contributed by atoms with Gasteiger partial charge < -0.3 is 9.30 Å². The van der Waals surface area contributed by atoms with E-state index in [1.165, 1.54) is 11.1 Å². The third kappa shape index (κ3) is 3.78. The second-order valence-electron chi connectivity index (χ2n) is 7.26. The number of rotatable bonds is 4. The molecule has 1 amide bonds. The number of nitrogens with zero attached hydrogens (tertiary/aromatic N) is 3. The zero-order chi connectivity index (χ0) is 19.6. The van der Waals surface area contributed by atoms with E-state index in [2.05, 4.69) is 29.4 Å². The van der Waals surface area contributed by atoms with Crippen molar-refractivity contribution in [3.05, 3.63) is 102 Å². The summed E-state index contributed by atoms with van der Waals surface area (Å²) >= 11 is 1.73. The lowest BCUT2D eigenvalue weighted by Crippen LogP contribution is -2.35. The van der Waals surface area contributed by atoms with E-state index < -0.39 is 0 Å². The summed E-state index contributed by atoms with van der Waals surface area (Å²) in [7, 11) is 0. The SMILES string of the molecule is O=C(c1ccc(SCc2cn3ccccc3n2)cc1)N1CCc2ccccc2C1. The fourth-order valence-electron chi connectivity index (χ4n) is 3.76. The molecular formula is C24H21N3OS. The van der Waals surface area contributed by atoms with Crippen LogP contribution in [0.5, 0.6) is 0 Å². The summed E-state index contributed by atoms with van der Waals surface area (Å²) in [4.78, 5) is 20.6. The van der Waals surface area contributed by atoms with Crippen molar-refractivity contribution in [1.29, 1.82) is 0 Å². The molecule has 0 bridgehead atoms. The number of pyridine rings is 1. The molecule has 0 aliphatic carbocycles. The van der Waals surface area contributed by atoms with Crippen molar-refractivity contribution in [3.63, 3.8) is 0 Å². The number of aromatic nitrogens is 2. The molecule has 0 atom stereocenters. The highest BCUT2D eigenvalue weighted by molar-refractivity contribution is 7.98. The maximum absolute atomic E-state index is 12.9. The van der Waals surface area contributed by atoms with E-state index in [1.807, 2.05) is 64.0 Å². The number of hydrogen-bond acceptors (Lipinski definition) is 3. The summed E-state index contributed by atoms with van der Waals surface area (Å²) in [6, 6.07) is 22.3. The number of hydrogen-bond donors (Lipinski definition) is 0. The molecule has 0 unspecified atom stereocenters. The fraction of sp³-hybridized carbons (Fsp3) is 0.167. The van der Waals surface area contributed by atoms with Gasteiger partial charge in [-0.1, -0.05) is 30.3 Å². The molecule has 1 aliphatic rings. The van der Waals surface area contributed by atoms with Gasteiger partial charge >= 0.3 is 0 Å². The Hall–Kier alpha value is -3.05. The molecule has 29 heavy (non-hydrogen) atoms. The van der Waals surface area contributed by atoms with E-state index in [-0.39, 0.29) is 5.91 Å². The van der Waals surface area contributed by atoms with Crippen LogP contribution in [0.4, 0.5) is 0 Å². The lowest BCUT2D eigenvalue weighted by molar-refractivity contribution is 0.0734. The Balaban J connectivity index is 1.23. The minimum atomic E-state index is 0.108.